The van der Waals surface area contributed by atoms with Crippen molar-refractivity contribution in [3.8, 4) is 0 Å². The van der Waals surface area contributed by atoms with Gasteiger partial charge in [-0.2, -0.15) is 0 Å². The molecule has 0 aromatic heterocycles. The standard InChI is InChI=1S/C48H87N2O6P/c1-6-8-10-12-14-16-18-20-22-24-26-27-29-31-33-35-37-39-41-47(51)46(45-56-57(53,54)55-44-43-50(3,4)5)49-48(52)42-40-38-36-34-32-30-28-25-23-21-19-17-15-13-11-9-7-2/h9,11,15,17,21,23,28,30-31,33,39,41,46-47,51H,6-8,10,12-14,16,18-20,22,24-27,29,32,34-38,40,42-45H2,1-5H3,(H-,49,52,53,54)/b11-9-,17-15-,23-21-,30-28-,33-31+,41-39+. The number of carbonyl (C=O) groups is 1. The van der Waals surface area contributed by atoms with Gasteiger partial charge in [-0.15, -0.1) is 0 Å². The fourth-order valence-corrected chi connectivity index (χ4v) is 6.76. The number of quaternary nitrogens is 1. The van der Waals surface area contributed by atoms with Crippen LogP contribution in [0.4, 0.5) is 0 Å². The van der Waals surface area contributed by atoms with Crippen LogP contribution in [-0.2, 0) is 18.4 Å². The zero-order valence-electron chi connectivity index (χ0n) is 37.3. The van der Waals surface area contributed by atoms with E-state index in [2.05, 4.69) is 79.9 Å². The molecule has 0 aliphatic rings. The molecule has 0 fully saturated rings. The second-order valence-corrected chi connectivity index (χ2v) is 17.8. The van der Waals surface area contributed by atoms with E-state index >= 15 is 0 Å². The van der Waals surface area contributed by atoms with E-state index in [1.54, 1.807) is 6.08 Å². The Balaban J connectivity index is 4.52. The van der Waals surface area contributed by atoms with Crippen LogP contribution < -0.4 is 10.2 Å². The van der Waals surface area contributed by atoms with Gasteiger partial charge in [0.05, 0.1) is 39.9 Å². The number of aliphatic hydroxyl groups excluding tert-OH is 1. The largest absolute Gasteiger partial charge is 0.756 e. The molecule has 9 heteroatoms. The molecule has 57 heavy (non-hydrogen) atoms. The van der Waals surface area contributed by atoms with Gasteiger partial charge < -0.3 is 28.8 Å². The molecule has 330 valence electrons. The van der Waals surface area contributed by atoms with Gasteiger partial charge in [0, 0.05) is 6.42 Å². The number of likely N-dealkylation sites (N-methyl/N-ethyl adjacent to an activating group) is 1. The number of phosphoric acid groups is 1. The van der Waals surface area contributed by atoms with E-state index in [0.717, 1.165) is 77.0 Å². The van der Waals surface area contributed by atoms with Gasteiger partial charge in [0.15, 0.2) is 0 Å². The van der Waals surface area contributed by atoms with Gasteiger partial charge >= 0.3 is 0 Å². The van der Waals surface area contributed by atoms with Gasteiger partial charge in [-0.05, 0) is 70.6 Å². The topological polar surface area (TPSA) is 108 Å². The molecule has 3 unspecified atom stereocenters. The number of allylic oxidation sites excluding steroid dienone is 11. The average molecular weight is 819 g/mol. The molecule has 0 heterocycles. The number of hydrogen-bond acceptors (Lipinski definition) is 6. The van der Waals surface area contributed by atoms with Crippen molar-refractivity contribution >= 4 is 13.7 Å². The smallest absolute Gasteiger partial charge is 0.268 e. The van der Waals surface area contributed by atoms with Crippen molar-refractivity contribution in [2.75, 3.05) is 40.9 Å². The number of unbranched alkanes of at least 4 members (excludes halogenated alkanes) is 17. The zero-order chi connectivity index (χ0) is 42.1. The summed E-state index contributed by atoms with van der Waals surface area (Å²) in [6.07, 6.45) is 52.4. The molecule has 1 amide bonds. The quantitative estimate of drug-likeness (QED) is 0.0276. The number of carbonyl (C=O) groups excluding carboxylic acids is 1. The maximum atomic E-state index is 12.9. The highest BCUT2D eigenvalue weighted by Gasteiger charge is 2.23. The van der Waals surface area contributed by atoms with Crippen LogP contribution in [0.15, 0.2) is 72.9 Å². The summed E-state index contributed by atoms with van der Waals surface area (Å²) in [5.41, 5.74) is 0. The Labute approximate surface area is 351 Å². The molecule has 2 N–H and O–H groups in total. The van der Waals surface area contributed by atoms with E-state index in [1.807, 2.05) is 27.2 Å². The summed E-state index contributed by atoms with van der Waals surface area (Å²) in [5.74, 6) is -0.234. The Morgan fingerprint density at radius 1 is 0.632 bits per heavy atom. The van der Waals surface area contributed by atoms with E-state index in [0.29, 0.717) is 17.4 Å². The normalized spacial score (nSPS) is 15.0. The predicted molar refractivity (Wildman–Crippen MR) is 242 cm³/mol. The van der Waals surface area contributed by atoms with Crippen molar-refractivity contribution in [1.82, 2.24) is 5.32 Å². The number of rotatable bonds is 40. The van der Waals surface area contributed by atoms with Gasteiger partial charge in [-0.25, -0.2) is 0 Å². The van der Waals surface area contributed by atoms with Crippen molar-refractivity contribution in [3.05, 3.63) is 72.9 Å². The molecular formula is C48H87N2O6P. The van der Waals surface area contributed by atoms with Crippen LogP contribution >= 0.6 is 7.82 Å². The minimum atomic E-state index is -4.61. The Bertz CT molecular complexity index is 1160. The number of aliphatic hydroxyl groups is 1. The van der Waals surface area contributed by atoms with Gasteiger partial charge in [-0.3, -0.25) is 9.36 Å². The minimum absolute atomic E-state index is 0.0150. The van der Waals surface area contributed by atoms with Gasteiger partial charge in [-0.1, -0.05) is 170 Å². The number of amides is 1. The number of hydrogen-bond donors (Lipinski definition) is 2. The molecule has 0 radical (unpaired) electrons. The summed E-state index contributed by atoms with van der Waals surface area (Å²) in [6.45, 7) is 4.48. The number of nitrogens with zero attached hydrogens (tertiary/aromatic N) is 1. The highest BCUT2D eigenvalue weighted by molar-refractivity contribution is 7.45. The van der Waals surface area contributed by atoms with Crippen LogP contribution in [-0.4, -0.2) is 68.5 Å². The Morgan fingerprint density at radius 3 is 1.63 bits per heavy atom. The highest BCUT2D eigenvalue weighted by Crippen LogP contribution is 2.38. The van der Waals surface area contributed by atoms with Crippen molar-refractivity contribution < 1.29 is 32.9 Å². The van der Waals surface area contributed by atoms with Crippen LogP contribution in [0.3, 0.4) is 0 Å². The molecule has 0 bridgehead atoms. The minimum Gasteiger partial charge on any atom is -0.756 e. The van der Waals surface area contributed by atoms with E-state index < -0.39 is 26.6 Å². The third kappa shape index (κ3) is 41.9. The predicted octanol–water partition coefficient (Wildman–Crippen LogP) is 12.2. The summed E-state index contributed by atoms with van der Waals surface area (Å²) in [4.78, 5) is 25.3. The first-order chi connectivity index (χ1) is 27.5. The molecule has 0 spiro atoms. The molecule has 0 saturated heterocycles. The monoisotopic (exact) mass is 819 g/mol. The Hall–Kier alpha value is -2.06. The average Bonchev–Trinajstić information content (AvgIpc) is 3.16. The Morgan fingerprint density at radius 2 is 1.09 bits per heavy atom. The highest BCUT2D eigenvalue weighted by atomic mass is 31.2. The fraction of sp³-hybridized carbons (Fsp3) is 0.729. The summed E-state index contributed by atoms with van der Waals surface area (Å²) >= 11 is 0. The molecular weight excluding hydrogens is 732 g/mol. The van der Waals surface area contributed by atoms with Gasteiger partial charge in [0.2, 0.25) is 5.91 Å². The summed E-state index contributed by atoms with van der Waals surface area (Å²) in [6, 6.07) is -0.919. The van der Waals surface area contributed by atoms with Crippen LogP contribution in [0.2, 0.25) is 0 Å². The van der Waals surface area contributed by atoms with E-state index in [4.69, 9.17) is 9.05 Å². The first-order valence-electron chi connectivity index (χ1n) is 22.8. The Kier molecular flexibility index (Phi) is 38.0. The molecule has 0 rings (SSSR count). The third-order valence-corrected chi connectivity index (χ3v) is 10.6. The lowest BCUT2D eigenvalue weighted by Gasteiger charge is -2.29. The van der Waals surface area contributed by atoms with Gasteiger partial charge in [0.1, 0.15) is 13.2 Å². The SMILES string of the molecule is CC/C=C\C/C=C\C/C=C\C/C=C\CCCCCCC(=O)NC(COP(=O)([O-])OCC[N+](C)(C)C)C(O)/C=C/CC/C=C/CCCCCCCCCCCCCC. The third-order valence-electron chi connectivity index (χ3n) is 9.65. The molecule has 0 aromatic rings. The maximum Gasteiger partial charge on any atom is 0.268 e. The molecule has 8 nitrogen and oxygen atoms in total. The lowest BCUT2D eigenvalue weighted by atomic mass is 10.0. The van der Waals surface area contributed by atoms with Crippen LogP contribution in [0.5, 0.6) is 0 Å². The van der Waals surface area contributed by atoms with Crippen molar-refractivity contribution in [3.63, 3.8) is 0 Å². The molecule has 3 atom stereocenters. The van der Waals surface area contributed by atoms with Crippen LogP contribution in [0, 0.1) is 0 Å². The summed E-state index contributed by atoms with van der Waals surface area (Å²) in [7, 11) is 1.21. The number of phosphoric ester groups is 1. The van der Waals surface area contributed by atoms with E-state index in [1.165, 1.54) is 77.0 Å². The maximum absolute atomic E-state index is 12.9. The first kappa shape index (κ1) is 54.9. The number of nitrogens with one attached hydrogen (secondary N) is 1. The molecule has 0 aliphatic carbocycles. The second kappa shape index (κ2) is 39.4. The van der Waals surface area contributed by atoms with Crippen molar-refractivity contribution in [1.29, 1.82) is 0 Å². The van der Waals surface area contributed by atoms with E-state index in [9.17, 15) is 19.4 Å². The molecule has 0 aromatic carbocycles. The molecule has 0 aliphatic heterocycles. The summed E-state index contributed by atoms with van der Waals surface area (Å²) < 4.78 is 23.2. The van der Waals surface area contributed by atoms with Crippen molar-refractivity contribution in [2.24, 2.45) is 0 Å². The fourth-order valence-electron chi connectivity index (χ4n) is 6.04. The van der Waals surface area contributed by atoms with Crippen molar-refractivity contribution in [2.45, 2.75) is 187 Å². The lowest BCUT2D eigenvalue weighted by molar-refractivity contribution is -0.870. The first-order valence-corrected chi connectivity index (χ1v) is 24.3. The van der Waals surface area contributed by atoms with Gasteiger partial charge in [0.25, 0.3) is 7.82 Å². The lowest BCUT2D eigenvalue weighted by Crippen LogP contribution is -2.45. The molecule has 0 saturated carbocycles. The second-order valence-electron chi connectivity index (χ2n) is 16.4. The van der Waals surface area contributed by atoms with E-state index in [-0.39, 0.29) is 12.5 Å². The summed E-state index contributed by atoms with van der Waals surface area (Å²) in [5, 5.41) is 13.8. The van der Waals surface area contributed by atoms with Crippen LogP contribution in [0.1, 0.15) is 174 Å². The van der Waals surface area contributed by atoms with Crippen LogP contribution in [0.25, 0.3) is 0 Å². The zero-order valence-corrected chi connectivity index (χ0v) is 38.2.